The smallest absolute Gasteiger partial charge is 0.0701 e. The van der Waals surface area contributed by atoms with Crippen LogP contribution in [0.25, 0.3) is 11.1 Å². The van der Waals surface area contributed by atoms with Gasteiger partial charge in [-0.3, -0.25) is 0 Å². The summed E-state index contributed by atoms with van der Waals surface area (Å²) in [4.78, 5) is 0. The number of rotatable bonds is 18. The average Bonchev–Trinajstić information content (AvgIpc) is 3.13. The molecule has 0 aliphatic heterocycles. The fourth-order valence-electron chi connectivity index (χ4n) is 4.44. The maximum atomic E-state index is 5.97. The summed E-state index contributed by atoms with van der Waals surface area (Å²) in [7, 11) is 3.35. The van der Waals surface area contributed by atoms with Gasteiger partial charge in [0.1, 0.15) is 0 Å². The first-order valence-corrected chi connectivity index (χ1v) is 11.7. The molecule has 1 radical (unpaired) electrons. The fraction of sp³-hybridized carbons (Fsp3) is 0.556. The minimum atomic E-state index is -0.144. The van der Waals surface area contributed by atoms with Gasteiger partial charge in [0.05, 0.1) is 52.9 Å². The van der Waals surface area contributed by atoms with Gasteiger partial charge in [-0.05, 0) is 47.2 Å². The summed E-state index contributed by atoms with van der Waals surface area (Å²) in [5, 5.41) is 0. The molecule has 1 aliphatic rings. The molecule has 0 saturated heterocycles. The van der Waals surface area contributed by atoms with Crippen LogP contribution in [0.1, 0.15) is 24.0 Å². The third kappa shape index (κ3) is 7.09. The van der Waals surface area contributed by atoms with E-state index >= 15 is 0 Å². The van der Waals surface area contributed by atoms with E-state index in [0.29, 0.717) is 66.1 Å². The van der Waals surface area contributed by atoms with E-state index in [0.717, 1.165) is 12.8 Å². The first-order chi connectivity index (χ1) is 16.3. The van der Waals surface area contributed by atoms with Gasteiger partial charge in [0, 0.05) is 32.8 Å². The van der Waals surface area contributed by atoms with Crippen LogP contribution in [0.2, 0.25) is 0 Å². The van der Waals surface area contributed by atoms with Crippen molar-refractivity contribution in [2.75, 3.05) is 80.3 Å². The molecule has 3 rings (SSSR count). The first-order valence-electron chi connectivity index (χ1n) is 11.7. The molecule has 1 aliphatic carbocycles. The summed E-state index contributed by atoms with van der Waals surface area (Å²) >= 11 is 0. The summed E-state index contributed by atoms with van der Waals surface area (Å²) in [6.07, 6.45) is 1.76. The Balaban J connectivity index is 1.61. The van der Waals surface area contributed by atoms with E-state index in [1.54, 1.807) is 14.2 Å². The molecule has 0 saturated carbocycles. The summed E-state index contributed by atoms with van der Waals surface area (Å²) in [6.45, 7) is 5.99. The molecule has 0 bridgehead atoms. The Hall–Kier alpha value is -1.80. The van der Waals surface area contributed by atoms with Crippen LogP contribution in [-0.4, -0.2) is 80.3 Å². The Labute approximate surface area is 198 Å². The van der Waals surface area contributed by atoms with Gasteiger partial charge in [-0.2, -0.15) is 0 Å². The molecule has 2 aromatic rings. The number of ether oxygens (including phenoxy) is 6. The van der Waals surface area contributed by atoms with Crippen molar-refractivity contribution >= 4 is 0 Å². The highest BCUT2D eigenvalue weighted by molar-refractivity contribution is 5.80. The van der Waals surface area contributed by atoms with Gasteiger partial charge in [0.2, 0.25) is 0 Å². The topological polar surface area (TPSA) is 55.4 Å². The average molecular weight is 458 g/mol. The Morgan fingerprint density at radius 1 is 0.606 bits per heavy atom. The van der Waals surface area contributed by atoms with Gasteiger partial charge in [-0.15, -0.1) is 0 Å². The van der Waals surface area contributed by atoms with Gasteiger partial charge in [-0.1, -0.05) is 36.4 Å². The lowest BCUT2D eigenvalue weighted by Gasteiger charge is -2.32. The normalized spacial score (nSPS) is 13.8. The second-order valence-electron chi connectivity index (χ2n) is 8.03. The van der Waals surface area contributed by atoms with Crippen LogP contribution in [-0.2, 0) is 33.8 Å². The second-order valence-corrected chi connectivity index (χ2v) is 8.03. The Kier molecular flexibility index (Phi) is 11.3. The molecule has 181 valence electrons. The molecule has 0 heterocycles. The largest absolute Gasteiger partial charge is 0.382 e. The Bertz CT molecular complexity index is 741. The van der Waals surface area contributed by atoms with Crippen LogP contribution < -0.4 is 0 Å². The van der Waals surface area contributed by atoms with Crippen LogP contribution in [0.5, 0.6) is 0 Å². The van der Waals surface area contributed by atoms with Crippen molar-refractivity contribution in [1.82, 2.24) is 0 Å². The number of fused-ring (bicyclic) bond motifs is 3. The van der Waals surface area contributed by atoms with Crippen LogP contribution in [0.3, 0.4) is 0 Å². The van der Waals surface area contributed by atoms with E-state index in [2.05, 4.69) is 42.5 Å². The lowest BCUT2D eigenvalue weighted by molar-refractivity contribution is 0.0145. The van der Waals surface area contributed by atoms with E-state index < -0.39 is 0 Å². The molecule has 6 heteroatoms. The lowest BCUT2D eigenvalue weighted by Crippen LogP contribution is -2.29. The molecule has 0 fully saturated rings. The Morgan fingerprint density at radius 3 is 1.73 bits per heavy atom. The van der Waals surface area contributed by atoms with E-state index in [-0.39, 0.29) is 5.41 Å². The maximum Gasteiger partial charge on any atom is 0.0701 e. The van der Waals surface area contributed by atoms with Gasteiger partial charge in [-0.25, -0.2) is 0 Å². The third-order valence-corrected chi connectivity index (χ3v) is 6.07. The molecule has 0 atom stereocenters. The zero-order valence-corrected chi connectivity index (χ0v) is 20.0. The van der Waals surface area contributed by atoms with Crippen molar-refractivity contribution in [3.05, 3.63) is 59.7 Å². The van der Waals surface area contributed by atoms with Gasteiger partial charge in [0.25, 0.3) is 0 Å². The van der Waals surface area contributed by atoms with Crippen molar-refractivity contribution in [3.8, 4) is 11.1 Å². The quantitative estimate of drug-likeness (QED) is 0.317. The highest BCUT2D eigenvalue weighted by Crippen LogP contribution is 2.52. The molecule has 0 N–H and O–H groups in total. The van der Waals surface area contributed by atoms with Crippen molar-refractivity contribution in [3.63, 3.8) is 0 Å². The molecule has 0 unspecified atom stereocenters. The summed E-state index contributed by atoms with van der Waals surface area (Å²) < 4.78 is 33.0. The number of hydrogen-bond acceptors (Lipinski definition) is 6. The van der Waals surface area contributed by atoms with Crippen LogP contribution in [0, 0.1) is 6.07 Å². The zero-order chi connectivity index (χ0) is 23.2. The van der Waals surface area contributed by atoms with Crippen molar-refractivity contribution in [1.29, 1.82) is 0 Å². The first kappa shape index (κ1) is 25.8. The number of benzene rings is 2. The zero-order valence-electron chi connectivity index (χ0n) is 20.0. The fourth-order valence-corrected chi connectivity index (χ4v) is 4.44. The molecule has 0 aromatic heterocycles. The number of hydrogen-bond donors (Lipinski definition) is 0. The van der Waals surface area contributed by atoms with Crippen molar-refractivity contribution < 1.29 is 28.4 Å². The summed E-state index contributed by atoms with van der Waals surface area (Å²) in [5.41, 5.74) is 5.09. The minimum Gasteiger partial charge on any atom is -0.382 e. The minimum absolute atomic E-state index is 0.144. The van der Waals surface area contributed by atoms with Crippen molar-refractivity contribution in [2.45, 2.75) is 18.3 Å². The van der Waals surface area contributed by atoms with Crippen molar-refractivity contribution in [2.24, 2.45) is 0 Å². The summed E-state index contributed by atoms with van der Waals surface area (Å²) in [5.74, 6) is 0. The highest BCUT2D eigenvalue weighted by Gasteiger charge is 2.42. The lowest BCUT2D eigenvalue weighted by atomic mass is 9.73. The van der Waals surface area contributed by atoms with Gasteiger partial charge >= 0.3 is 0 Å². The second kappa shape index (κ2) is 14.5. The predicted molar refractivity (Wildman–Crippen MR) is 128 cm³/mol. The highest BCUT2D eigenvalue weighted by atomic mass is 16.5. The van der Waals surface area contributed by atoms with E-state index in [4.69, 9.17) is 28.4 Å². The summed E-state index contributed by atoms with van der Waals surface area (Å²) in [6, 6.07) is 18.3. The monoisotopic (exact) mass is 457 g/mol. The van der Waals surface area contributed by atoms with E-state index in [9.17, 15) is 0 Å². The van der Waals surface area contributed by atoms with E-state index in [1.807, 2.05) is 6.07 Å². The SMILES string of the molecule is COCCOCCOCCC1(CCOCCOCCOC)c2cc[c]cc2-c2ccccc21. The molecule has 2 aromatic carbocycles. The molecule has 6 nitrogen and oxygen atoms in total. The molecule has 0 amide bonds. The van der Waals surface area contributed by atoms with Gasteiger partial charge in [0.15, 0.2) is 0 Å². The predicted octanol–water partition coefficient (Wildman–Crippen LogP) is 3.89. The molecular weight excluding hydrogens is 420 g/mol. The third-order valence-electron chi connectivity index (χ3n) is 6.07. The molecular formula is C27H37O6. The van der Waals surface area contributed by atoms with Crippen LogP contribution in [0.4, 0.5) is 0 Å². The number of methoxy groups -OCH3 is 2. The standard InChI is InChI=1S/C27H37O6/c1-28-15-17-32-21-19-30-13-11-27(12-14-31-20-22-33-18-16-29-2)25-9-5-3-7-23(25)24-8-4-6-10-26(24)27/h3,5-10H,11-22H2,1-2H3. The van der Waals surface area contributed by atoms with Crippen LogP contribution >= 0.6 is 0 Å². The Morgan fingerprint density at radius 2 is 1.12 bits per heavy atom. The molecule has 33 heavy (non-hydrogen) atoms. The molecule has 0 spiro atoms. The van der Waals surface area contributed by atoms with Crippen LogP contribution in [0.15, 0.2) is 42.5 Å². The maximum absolute atomic E-state index is 5.97. The van der Waals surface area contributed by atoms with Gasteiger partial charge < -0.3 is 28.4 Å². The van der Waals surface area contributed by atoms with E-state index in [1.165, 1.54) is 22.3 Å².